The Morgan fingerprint density at radius 2 is 1.94 bits per heavy atom. The zero-order chi connectivity index (χ0) is 21.9. The van der Waals surface area contributed by atoms with Crippen LogP contribution in [0.3, 0.4) is 0 Å². The second kappa shape index (κ2) is 8.66. The molecule has 1 atom stereocenters. The molecule has 1 amide bonds. The van der Waals surface area contributed by atoms with Crippen LogP contribution in [0.15, 0.2) is 71.4 Å². The Morgan fingerprint density at radius 3 is 2.75 bits per heavy atom. The maximum atomic E-state index is 12.8. The van der Waals surface area contributed by atoms with Crippen LogP contribution in [0.1, 0.15) is 23.8 Å². The van der Waals surface area contributed by atoms with Crippen molar-refractivity contribution in [2.24, 2.45) is 0 Å². The van der Waals surface area contributed by atoms with Crippen LogP contribution in [0.25, 0.3) is 22.8 Å². The monoisotopic (exact) mass is 429 g/mol. The van der Waals surface area contributed by atoms with Gasteiger partial charge in [-0.2, -0.15) is 10.1 Å². The molecular weight excluding hydrogens is 406 g/mol. The largest absolute Gasteiger partial charge is 0.488 e. The van der Waals surface area contributed by atoms with E-state index in [1.165, 1.54) is 0 Å². The lowest BCUT2D eigenvalue weighted by molar-refractivity contribution is 0.0766. The molecule has 2 aromatic heterocycles. The number of aryl methyl sites for hydroxylation is 1. The van der Waals surface area contributed by atoms with Crippen molar-refractivity contribution >= 4 is 5.91 Å². The van der Waals surface area contributed by atoms with Crippen LogP contribution in [0.2, 0.25) is 0 Å². The van der Waals surface area contributed by atoms with E-state index >= 15 is 0 Å². The molecule has 32 heavy (non-hydrogen) atoms. The third kappa shape index (κ3) is 3.99. The Morgan fingerprint density at radius 1 is 1.12 bits per heavy atom. The minimum absolute atomic E-state index is 0.0685. The highest BCUT2D eigenvalue weighted by molar-refractivity contribution is 5.92. The topological polar surface area (TPSA) is 86.3 Å². The molecule has 2 aromatic carbocycles. The molecule has 0 N–H and O–H groups in total. The molecule has 4 aromatic rings. The van der Waals surface area contributed by atoms with Gasteiger partial charge in [0, 0.05) is 31.3 Å². The number of aromatic nitrogens is 4. The number of nitrogens with zero attached hydrogens (tertiary/aromatic N) is 5. The molecule has 0 bridgehead atoms. The Labute approximate surface area is 185 Å². The van der Waals surface area contributed by atoms with Gasteiger partial charge in [-0.15, -0.1) is 0 Å². The molecular formula is C24H23N5O3. The van der Waals surface area contributed by atoms with Crippen molar-refractivity contribution in [3.05, 3.63) is 72.6 Å². The number of likely N-dealkylation sites (tertiary alicyclic amines) is 1. The van der Waals surface area contributed by atoms with Crippen molar-refractivity contribution in [2.45, 2.75) is 26.0 Å². The third-order valence-corrected chi connectivity index (χ3v) is 5.49. The predicted molar refractivity (Wildman–Crippen MR) is 118 cm³/mol. The van der Waals surface area contributed by atoms with Gasteiger partial charge in [0.1, 0.15) is 17.5 Å². The lowest BCUT2D eigenvalue weighted by Gasteiger charge is -2.17. The molecule has 8 heteroatoms. The van der Waals surface area contributed by atoms with E-state index in [2.05, 4.69) is 15.2 Å². The summed E-state index contributed by atoms with van der Waals surface area (Å²) in [6.07, 6.45) is 2.44. The molecule has 3 heterocycles. The maximum absolute atomic E-state index is 12.8. The van der Waals surface area contributed by atoms with Gasteiger partial charge in [0.15, 0.2) is 0 Å². The molecule has 8 nitrogen and oxygen atoms in total. The highest BCUT2D eigenvalue weighted by Crippen LogP contribution is 2.32. The summed E-state index contributed by atoms with van der Waals surface area (Å²) in [4.78, 5) is 19.1. The van der Waals surface area contributed by atoms with Crippen LogP contribution >= 0.6 is 0 Å². The standard InChI is InChI=1S/C24H23N5O3/c1-2-29-15-13-20(26-29)24(30)28-14-12-18(16-28)31-21-11-7-6-10-19(21)23-25-22(27-32-23)17-8-4-3-5-9-17/h3-11,13,15,18H,2,12,14,16H2,1H3. The lowest BCUT2D eigenvalue weighted by atomic mass is 10.2. The molecule has 1 aliphatic rings. The van der Waals surface area contributed by atoms with Gasteiger partial charge in [-0.25, -0.2) is 0 Å². The average Bonchev–Trinajstić information content (AvgIpc) is 3.60. The van der Waals surface area contributed by atoms with Crippen molar-refractivity contribution < 1.29 is 14.1 Å². The quantitative estimate of drug-likeness (QED) is 0.462. The van der Waals surface area contributed by atoms with Crippen molar-refractivity contribution in [3.8, 4) is 28.6 Å². The fourth-order valence-corrected chi connectivity index (χ4v) is 3.79. The first-order chi connectivity index (χ1) is 15.7. The summed E-state index contributed by atoms with van der Waals surface area (Å²) >= 11 is 0. The number of rotatable bonds is 6. The zero-order valence-corrected chi connectivity index (χ0v) is 17.7. The second-order valence-corrected chi connectivity index (χ2v) is 7.62. The second-order valence-electron chi connectivity index (χ2n) is 7.62. The summed E-state index contributed by atoms with van der Waals surface area (Å²) in [6.45, 7) is 3.86. The smallest absolute Gasteiger partial charge is 0.274 e. The minimum atomic E-state index is -0.120. The minimum Gasteiger partial charge on any atom is -0.488 e. The molecule has 0 radical (unpaired) electrons. The fourth-order valence-electron chi connectivity index (χ4n) is 3.79. The first-order valence-corrected chi connectivity index (χ1v) is 10.7. The Bertz CT molecular complexity index is 1220. The first-order valence-electron chi connectivity index (χ1n) is 10.7. The number of benzene rings is 2. The summed E-state index contributed by atoms with van der Waals surface area (Å²) in [5.41, 5.74) is 2.08. The highest BCUT2D eigenvalue weighted by atomic mass is 16.5. The molecule has 1 fully saturated rings. The van der Waals surface area contributed by atoms with Crippen molar-refractivity contribution in [1.82, 2.24) is 24.8 Å². The Hall–Kier alpha value is -3.94. The normalized spacial score (nSPS) is 15.8. The summed E-state index contributed by atoms with van der Waals surface area (Å²) < 4.78 is 13.5. The van der Waals surface area contributed by atoms with Gasteiger partial charge in [-0.3, -0.25) is 9.48 Å². The predicted octanol–water partition coefficient (Wildman–Crippen LogP) is 3.91. The van der Waals surface area contributed by atoms with E-state index < -0.39 is 0 Å². The lowest BCUT2D eigenvalue weighted by Crippen LogP contribution is -2.31. The highest BCUT2D eigenvalue weighted by Gasteiger charge is 2.30. The number of hydrogen-bond acceptors (Lipinski definition) is 6. The van der Waals surface area contributed by atoms with Crippen molar-refractivity contribution in [2.75, 3.05) is 13.1 Å². The summed E-state index contributed by atoms with van der Waals surface area (Å²) in [5, 5.41) is 8.43. The van der Waals surface area contributed by atoms with Crippen LogP contribution in [0.4, 0.5) is 0 Å². The van der Waals surface area contributed by atoms with Gasteiger partial charge in [0.25, 0.3) is 11.8 Å². The molecule has 1 saturated heterocycles. The Kier molecular flexibility index (Phi) is 5.41. The van der Waals surface area contributed by atoms with E-state index in [1.54, 1.807) is 15.6 Å². The third-order valence-electron chi connectivity index (χ3n) is 5.49. The molecule has 162 valence electrons. The van der Waals surface area contributed by atoms with E-state index in [1.807, 2.05) is 67.7 Å². The zero-order valence-electron chi connectivity index (χ0n) is 17.7. The summed E-state index contributed by atoms with van der Waals surface area (Å²) in [5.74, 6) is 1.52. The fraction of sp³-hybridized carbons (Fsp3) is 0.250. The van der Waals surface area contributed by atoms with E-state index in [4.69, 9.17) is 9.26 Å². The van der Waals surface area contributed by atoms with Gasteiger partial charge < -0.3 is 14.2 Å². The van der Waals surface area contributed by atoms with Crippen molar-refractivity contribution in [3.63, 3.8) is 0 Å². The van der Waals surface area contributed by atoms with E-state index in [-0.39, 0.29) is 12.0 Å². The number of carbonyl (C=O) groups excluding carboxylic acids is 1. The van der Waals surface area contributed by atoms with E-state index in [0.29, 0.717) is 36.2 Å². The molecule has 0 spiro atoms. The van der Waals surface area contributed by atoms with Gasteiger partial charge in [0.2, 0.25) is 5.82 Å². The summed E-state index contributed by atoms with van der Waals surface area (Å²) in [7, 11) is 0. The number of amides is 1. The van der Waals surface area contributed by atoms with Crippen LogP contribution in [-0.2, 0) is 6.54 Å². The van der Waals surface area contributed by atoms with Gasteiger partial charge >= 0.3 is 0 Å². The van der Waals surface area contributed by atoms with Gasteiger partial charge in [-0.05, 0) is 25.1 Å². The molecule has 5 rings (SSSR count). The molecule has 0 aliphatic carbocycles. The van der Waals surface area contributed by atoms with Crippen LogP contribution in [0.5, 0.6) is 5.75 Å². The average molecular weight is 429 g/mol. The van der Waals surface area contributed by atoms with Crippen LogP contribution < -0.4 is 4.74 Å². The molecule has 1 aliphatic heterocycles. The SMILES string of the molecule is CCn1ccc(C(=O)N2CCC(Oc3ccccc3-c3nc(-c4ccccc4)no3)C2)n1. The van der Waals surface area contributed by atoms with Crippen LogP contribution in [0, 0.1) is 0 Å². The van der Waals surface area contributed by atoms with E-state index in [9.17, 15) is 4.79 Å². The Balaban J connectivity index is 1.30. The van der Waals surface area contributed by atoms with Gasteiger partial charge in [0.05, 0.1) is 12.1 Å². The molecule has 0 saturated carbocycles. The number of hydrogen-bond donors (Lipinski definition) is 0. The van der Waals surface area contributed by atoms with Crippen LogP contribution in [-0.4, -0.2) is 49.9 Å². The number of ether oxygens (including phenoxy) is 1. The molecule has 1 unspecified atom stereocenters. The number of carbonyl (C=O) groups is 1. The van der Waals surface area contributed by atoms with E-state index in [0.717, 1.165) is 24.1 Å². The summed E-state index contributed by atoms with van der Waals surface area (Å²) in [6, 6.07) is 19.0. The first kappa shape index (κ1) is 20.0. The van der Waals surface area contributed by atoms with Crippen molar-refractivity contribution in [1.29, 1.82) is 0 Å². The van der Waals surface area contributed by atoms with Gasteiger partial charge in [-0.1, -0.05) is 47.6 Å². The maximum Gasteiger partial charge on any atom is 0.274 e. The number of para-hydroxylation sites is 1.